The van der Waals surface area contributed by atoms with Crippen LogP contribution < -0.4 is 0 Å². The minimum absolute atomic E-state index is 0.0114. The van der Waals surface area contributed by atoms with Gasteiger partial charge in [-0.2, -0.15) is 0 Å². The van der Waals surface area contributed by atoms with E-state index in [2.05, 4.69) is 100 Å². The van der Waals surface area contributed by atoms with Gasteiger partial charge in [0.1, 0.15) is 5.58 Å². The van der Waals surface area contributed by atoms with Gasteiger partial charge in [0.15, 0.2) is 0 Å². The SMILES string of the molecule is CC(C)Cc1cc(-c2cc(C(C)(C)C)cc3c2oc2ncccc23)nc2ccc3ccccc3c12. The Morgan fingerprint density at radius 1 is 0.857 bits per heavy atom. The summed E-state index contributed by atoms with van der Waals surface area (Å²) in [5, 5.41) is 5.92. The molecule has 0 unspecified atom stereocenters. The lowest BCUT2D eigenvalue weighted by atomic mass is 9.84. The number of fused-ring (bicyclic) bond motifs is 6. The van der Waals surface area contributed by atoms with Gasteiger partial charge in [-0.05, 0) is 76.1 Å². The maximum atomic E-state index is 6.36. The Bertz CT molecular complexity index is 1730. The molecule has 3 aromatic heterocycles. The molecule has 0 atom stereocenters. The fraction of sp³-hybridized carbons (Fsp3) is 0.250. The number of hydrogen-bond donors (Lipinski definition) is 0. The Labute approximate surface area is 205 Å². The van der Waals surface area contributed by atoms with E-state index in [1.165, 1.54) is 27.3 Å². The number of aromatic nitrogens is 2. The Hall–Kier alpha value is -3.72. The predicted octanol–water partition coefficient (Wildman–Crippen LogP) is 8.85. The molecule has 0 saturated heterocycles. The van der Waals surface area contributed by atoms with Gasteiger partial charge in [-0.1, -0.05) is 65.0 Å². The van der Waals surface area contributed by atoms with E-state index in [1.807, 2.05) is 6.07 Å². The van der Waals surface area contributed by atoms with Crippen molar-refractivity contribution in [2.24, 2.45) is 5.92 Å². The second-order valence-electron chi connectivity index (χ2n) is 11.1. The number of benzene rings is 3. The van der Waals surface area contributed by atoms with Gasteiger partial charge < -0.3 is 4.42 Å². The summed E-state index contributed by atoms with van der Waals surface area (Å²) >= 11 is 0. The molecule has 0 radical (unpaired) electrons. The van der Waals surface area contributed by atoms with E-state index in [1.54, 1.807) is 6.20 Å². The highest BCUT2D eigenvalue weighted by Crippen LogP contribution is 2.40. The Kier molecular flexibility index (Phi) is 4.93. The molecule has 0 amide bonds. The lowest BCUT2D eigenvalue weighted by Gasteiger charge is -2.21. The second-order valence-corrected chi connectivity index (χ2v) is 11.1. The molecule has 0 N–H and O–H groups in total. The molecule has 6 aromatic rings. The van der Waals surface area contributed by atoms with E-state index in [9.17, 15) is 0 Å². The highest BCUT2D eigenvalue weighted by atomic mass is 16.3. The van der Waals surface area contributed by atoms with E-state index in [0.29, 0.717) is 11.6 Å². The minimum atomic E-state index is -0.0114. The first-order chi connectivity index (χ1) is 16.8. The van der Waals surface area contributed by atoms with Gasteiger partial charge in [0.05, 0.1) is 11.2 Å². The van der Waals surface area contributed by atoms with Gasteiger partial charge in [-0.25, -0.2) is 9.97 Å². The highest BCUT2D eigenvalue weighted by Gasteiger charge is 2.22. The third-order valence-electron chi connectivity index (χ3n) is 6.90. The summed E-state index contributed by atoms with van der Waals surface area (Å²) in [5.41, 5.74) is 7.13. The van der Waals surface area contributed by atoms with Crippen LogP contribution in [0, 0.1) is 5.92 Å². The largest absolute Gasteiger partial charge is 0.437 e. The van der Waals surface area contributed by atoms with Crippen molar-refractivity contribution >= 4 is 43.7 Å². The van der Waals surface area contributed by atoms with E-state index in [0.717, 1.165) is 39.6 Å². The van der Waals surface area contributed by atoms with Crippen LogP contribution in [0.1, 0.15) is 45.7 Å². The average Bonchev–Trinajstić information content (AvgIpc) is 3.21. The summed E-state index contributed by atoms with van der Waals surface area (Å²) in [5.74, 6) is 0.531. The molecular weight excluding hydrogens is 428 g/mol. The van der Waals surface area contributed by atoms with Crippen molar-refractivity contribution in [1.29, 1.82) is 0 Å². The van der Waals surface area contributed by atoms with Crippen molar-refractivity contribution < 1.29 is 4.42 Å². The van der Waals surface area contributed by atoms with E-state index >= 15 is 0 Å². The first-order valence-electron chi connectivity index (χ1n) is 12.4. The molecule has 3 nitrogen and oxygen atoms in total. The average molecular weight is 459 g/mol. The van der Waals surface area contributed by atoms with Gasteiger partial charge in [-0.15, -0.1) is 0 Å². The summed E-state index contributed by atoms with van der Waals surface area (Å²) in [4.78, 5) is 9.73. The molecule has 0 saturated carbocycles. The lowest BCUT2D eigenvalue weighted by Crippen LogP contribution is -2.11. The Morgan fingerprint density at radius 3 is 2.46 bits per heavy atom. The van der Waals surface area contributed by atoms with Crippen LogP contribution >= 0.6 is 0 Å². The third-order valence-corrected chi connectivity index (χ3v) is 6.90. The molecule has 3 heterocycles. The summed E-state index contributed by atoms with van der Waals surface area (Å²) in [7, 11) is 0. The molecular formula is C32H30N2O. The lowest BCUT2D eigenvalue weighted by molar-refractivity contribution is 0.590. The Balaban J connectivity index is 1.72. The molecule has 35 heavy (non-hydrogen) atoms. The molecule has 3 heteroatoms. The fourth-order valence-electron chi connectivity index (χ4n) is 5.16. The first-order valence-corrected chi connectivity index (χ1v) is 12.4. The van der Waals surface area contributed by atoms with Crippen LogP contribution in [0.4, 0.5) is 0 Å². The summed E-state index contributed by atoms with van der Waals surface area (Å²) < 4.78 is 6.36. The van der Waals surface area contributed by atoms with Gasteiger partial charge in [0.2, 0.25) is 5.71 Å². The molecule has 0 spiro atoms. The number of hydrogen-bond acceptors (Lipinski definition) is 3. The zero-order chi connectivity index (χ0) is 24.3. The molecule has 0 fully saturated rings. The molecule has 0 aliphatic rings. The van der Waals surface area contributed by atoms with Crippen LogP contribution in [0.2, 0.25) is 0 Å². The van der Waals surface area contributed by atoms with Gasteiger partial charge >= 0.3 is 0 Å². The van der Waals surface area contributed by atoms with Crippen molar-refractivity contribution in [3.8, 4) is 11.3 Å². The summed E-state index contributed by atoms with van der Waals surface area (Å²) in [6, 6.07) is 23.8. The van der Waals surface area contributed by atoms with Crippen LogP contribution in [0.15, 0.2) is 77.3 Å². The molecule has 174 valence electrons. The maximum absolute atomic E-state index is 6.36. The molecule has 0 bridgehead atoms. The normalized spacial score (nSPS) is 12.5. The number of nitrogens with zero attached hydrogens (tertiary/aromatic N) is 2. The quantitative estimate of drug-likeness (QED) is 0.249. The highest BCUT2D eigenvalue weighted by molar-refractivity contribution is 6.11. The van der Waals surface area contributed by atoms with Crippen LogP contribution in [0.5, 0.6) is 0 Å². The van der Waals surface area contributed by atoms with Crippen LogP contribution in [-0.4, -0.2) is 9.97 Å². The zero-order valence-corrected chi connectivity index (χ0v) is 21.0. The van der Waals surface area contributed by atoms with Crippen molar-refractivity contribution in [1.82, 2.24) is 9.97 Å². The molecule has 3 aromatic carbocycles. The first kappa shape index (κ1) is 21.8. The number of pyridine rings is 2. The maximum Gasteiger partial charge on any atom is 0.227 e. The second kappa shape index (κ2) is 7.91. The van der Waals surface area contributed by atoms with Crippen LogP contribution in [0.3, 0.4) is 0 Å². The monoisotopic (exact) mass is 458 g/mol. The molecule has 0 aliphatic carbocycles. The summed E-state index contributed by atoms with van der Waals surface area (Å²) in [6.07, 6.45) is 2.78. The van der Waals surface area contributed by atoms with Crippen LogP contribution in [-0.2, 0) is 11.8 Å². The van der Waals surface area contributed by atoms with E-state index < -0.39 is 0 Å². The molecule has 6 rings (SSSR count). The Morgan fingerprint density at radius 2 is 1.66 bits per heavy atom. The zero-order valence-electron chi connectivity index (χ0n) is 21.0. The van der Waals surface area contributed by atoms with Crippen molar-refractivity contribution in [2.45, 2.75) is 46.5 Å². The fourth-order valence-corrected chi connectivity index (χ4v) is 5.16. The van der Waals surface area contributed by atoms with Gasteiger partial charge in [0.25, 0.3) is 0 Å². The minimum Gasteiger partial charge on any atom is -0.437 e. The predicted molar refractivity (Wildman–Crippen MR) is 147 cm³/mol. The standard InChI is InChI=1S/C32H30N2O/c1-19(2)15-21-16-28(34-27-13-12-20-9-6-7-10-23(20)29(21)27)26-18-22(32(3,4)5)17-25-24-11-8-14-33-31(24)35-30(25)26/h6-14,16-19H,15H2,1-5H3. The van der Waals surface area contributed by atoms with E-state index in [4.69, 9.17) is 9.40 Å². The number of rotatable bonds is 3. The van der Waals surface area contributed by atoms with Crippen molar-refractivity contribution in [3.05, 3.63) is 84.1 Å². The van der Waals surface area contributed by atoms with Crippen molar-refractivity contribution in [2.75, 3.05) is 0 Å². The summed E-state index contributed by atoms with van der Waals surface area (Å²) in [6.45, 7) is 11.3. The third kappa shape index (κ3) is 3.67. The van der Waals surface area contributed by atoms with Crippen LogP contribution in [0.25, 0.3) is 55.0 Å². The van der Waals surface area contributed by atoms with Crippen molar-refractivity contribution in [3.63, 3.8) is 0 Å². The topological polar surface area (TPSA) is 38.9 Å². The number of furan rings is 1. The van der Waals surface area contributed by atoms with Gasteiger partial charge in [-0.3, -0.25) is 0 Å². The van der Waals surface area contributed by atoms with E-state index in [-0.39, 0.29) is 5.41 Å². The smallest absolute Gasteiger partial charge is 0.227 e. The van der Waals surface area contributed by atoms with Gasteiger partial charge in [0, 0.05) is 27.9 Å². The molecule has 0 aliphatic heterocycles.